The Kier molecular flexibility index (Phi) is 6.69. The molecule has 3 rings (SSSR count). The van der Waals surface area contributed by atoms with Crippen molar-refractivity contribution in [2.75, 3.05) is 13.1 Å². The average molecular weight is 425 g/mol. The summed E-state index contributed by atoms with van der Waals surface area (Å²) in [6.07, 6.45) is 1.27. The van der Waals surface area contributed by atoms with Gasteiger partial charge in [-0.15, -0.1) is 0 Å². The van der Waals surface area contributed by atoms with E-state index in [0.29, 0.717) is 30.0 Å². The fourth-order valence-electron chi connectivity index (χ4n) is 3.23. The van der Waals surface area contributed by atoms with Gasteiger partial charge < -0.3 is 5.32 Å². The first-order valence-electron chi connectivity index (χ1n) is 9.08. The quantitative estimate of drug-likeness (QED) is 0.773. The molecular formula is C20H22ClFN2O3S. The van der Waals surface area contributed by atoms with Crippen molar-refractivity contribution in [1.29, 1.82) is 0 Å². The number of carbonyl (C=O) groups is 1. The number of nitrogens with one attached hydrogen (secondary N) is 1. The van der Waals surface area contributed by atoms with Crippen molar-refractivity contribution in [2.24, 2.45) is 5.92 Å². The maximum absolute atomic E-state index is 13.0. The van der Waals surface area contributed by atoms with E-state index in [2.05, 4.69) is 5.32 Å². The van der Waals surface area contributed by atoms with Crippen molar-refractivity contribution in [3.05, 3.63) is 70.5 Å². The number of benzene rings is 2. The summed E-state index contributed by atoms with van der Waals surface area (Å²) >= 11 is 5.84. The predicted octanol–water partition coefficient (Wildman–Crippen LogP) is 3.34. The molecular weight excluding hydrogens is 403 g/mol. The van der Waals surface area contributed by atoms with E-state index in [0.717, 1.165) is 5.56 Å². The van der Waals surface area contributed by atoms with Crippen LogP contribution < -0.4 is 5.32 Å². The first-order valence-corrected chi connectivity index (χ1v) is 11.1. The summed E-state index contributed by atoms with van der Waals surface area (Å²) in [4.78, 5) is 12.5. The molecule has 1 saturated heterocycles. The van der Waals surface area contributed by atoms with Crippen molar-refractivity contribution >= 4 is 27.5 Å². The summed E-state index contributed by atoms with van der Waals surface area (Å²) < 4.78 is 39.8. The first-order chi connectivity index (χ1) is 13.3. The van der Waals surface area contributed by atoms with Crippen molar-refractivity contribution in [3.63, 3.8) is 0 Å². The van der Waals surface area contributed by atoms with Gasteiger partial charge in [-0.05, 0) is 48.2 Å². The number of amides is 1. The van der Waals surface area contributed by atoms with Crippen LogP contribution in [0.5, 0.6) is 0 Å². The molecule has 2 aromatic rings. The largest absolute Gasteiger partial charge is 0.352 e. The predicted molar refractivity (Wildman–Crippen MR) is 107 cm³/mol. The zero-order chi connectivity index (χ0) is 20.1. The second kappa shape index (κ2) is 9.03. The number of sulfonamides is 1. The van der Waals surface area contributed by atoms with E-state index in [4.69, 9.17) is 11.6 Å². The molecule has 1 aliphatic rings. The maximum Gasteiger partial charge on any atom is 0.224 e. The highest BCUT2D eigenvalue weighted by molar-refractivity contribution is 7.88. The second-order valence-corrected chi connectivity index (χ2v) is 9.33. The fraction of sp³-hybridized carbons (Fsp3) is 0.350. The Morgan fingerprint density at radius 3 is 2.43 bits per heavy atom. The molecule has 8 heteroatoms. The van der Waals surface area contributed by atoms with Gasteiger partial charge in [0.05, 0.1) is 11.7 Å². The zero-order valence-electron chi connectivity index (χ0n) is 15.3. The molecule has 1 aliphatic heterocycles. The van der Waals surface area contributed by atoms with Gasteiger partial charge in [-0.3, -0.25) is 4.79 Å². The van der Waals surface area contributed by atoms with Gasteiger partial charge in [-0.2, -0.15) is 0 Å². The molecule has 1 N–H and O–H groups in total. The number of halogens is 2. The average Bonchev–Trinajstić information content (AvgIpc) is 2.69. The smallest absolute Gasteiger partial charge is 0.224 e. The lowest BCUT2D eigenvalue weighted by molar-refractivity contribution is -0.126. The van der Waals surface area contributed by atoms with Gasteiger partial charge in [0.2, 0.25) is 15.9 Å². The molecule has 28 heavy (non-hydrogen) atoms. The topological polar surface area (TPSA) is 66.5 Å². The van der Waals surface area contributed by atoms with Crippen LogP contribution >= 0.6 is 11.6 Å². The lowest BCUT2D eigenvalue weighted by Gasteiger charge is -2.31. The van der Waals surface area contributed by atoms with E-state index in [9.17, 15) is 17.6 Å². The maximum atomic E-state index is 13.0. The van der Waals surface area contributed by atoms with E-state index in [1.807, 2.05) is 0 Å². The van der Waals surface area contributed by atoms with Crippen molar-refractivity contribution < 1.29 is 17.6 Å². The molecule has 1 heterocycles. The van der Waals surface area contributed by atoms with Gasteiger partial charge in [0.15, 0.2) is 0 Å². The van der Waals surface area contributed by atoms with E-state index < -0.39 is 15.9 Å². The summed E-state index contributed by atoms with van der Waals surface area (Å²) in [6, 6.07) is 12.6. The lowest BCUT2D eigenvalue weighted by Crippen LogP contribution is -2.45. The van der Waals surface area contributed by atoms with Crippen LogP contribution in [0.3, 0.4) is 0 Å². The minimum Gasteiger partial charge on any atom is -0.352 e. The van der Waals surface area contributed by atoms with Gasteiger partial charge in [0, 0.05) is 24.7 Å². The summed E-state index contributed by atoms with van der Waals surface area (Å²) in [5.74, 6) is -1.03. The van der Waals surface area contributed by atoms with Gasteiger partial charge in [0.25, 0.3) is 0 Å². The van der Waals surface area contributed by atoms with Crippen LogP contribution in [0.25, 0.3) is 0 Å². The minimum atomic E-state index is -3.52. The van der Waals surface area contributed by atoms with Crippen LogP contribution in [0.1, 0.15) is 24.0 Å². The zero-order valence-corrected chi connectivity index (χ0v) is 16.8. The Morgan fingerprint density at radius 1 is 1.11 bits per heavy atom. The van der Waals surface area contributed by atoms with E-state index in [1.165, 1.54) is 16.4 Å². The molecule has 150 valence electrons. The molecule has 2 aromatic carbocycles. The highest BCUT2D eigenvalue weighted by Gasteiger charge is 2.32. The summed E-state index contributed by atoms with van der Waals surface area (Å²) in [7, 11) is -3.52. The third-order valence-electron chi connectivity index (χ3n) is 4.79. The first kappa shape index (κ1) is 20.8. The van der Waals surface area contributed by atoms with E-state index in [1.54, 1.807) is 36.4 Å². The van der Waals surface area contributed by atoms with E-state index in [-0.39, 0.29) is 30.6 Å². The van der Waals surface area contributed by atoms with Crippen molar-refractivity contribution in [2.45, 2.75) is 25.1 Å². The Morgan fingerprint density at radius 2 is 1.75 bits per heavy atom. The molecule has 0 aliphatic carbocycles. The highest BCUT2D eigenvalue weighted by atomic mass is 35.5. The second-order valence-electron chi connectivity index (χ2n) is 6.92. The molecule has 0 bridgehead atoms. The van der Waals surface area contributed by atoms with Crippen molar-refractivity contribution in [3.8, 4) is 0 Å². The number of piperidine rings is 1. The molecule has 0 radical (unpaired) electrons. The van der Waals surface area contributed by atoms with Crippen LogP contribution in [0.2, 0.25) is 5.02 Å². The van der Waals surface area contributed by atoms with Crippen LogP contribution in [0, 0.1) is 11.7 Å². The Hall–Kier alpha value is -1.96. The minimum absolute atomic E-state index is 0.117. The van der Waals surface area contributed by atoms with Gasteiger partial charge in [0.1, 0.15) is 5.82 Å². The summed E-state index contributed by atoms with van der Waals surface area (Å²) in [6.45, 7) is 0.871. The molecule has 0 saturated carbocycles. The standard InChI is InChI=1S/C20H22ClFN2O3S/c21-18-7-3-16(4-8-18)14-28(26,27)24-11-1-2-17(13-24)20(25)23-12-15-5-9-19(22)10-6-15/h3-10,17H,1-2,11-14H2,(H,23,25). The highest BCUT2D eigenvalue weighted by Crippen LogP contribution is 2.22. The van der Waals surface area contributed by atoms with Crippen LogP contribution in [0.4, 0.5) is 4.39 Å². The number of hydrogen-bond donors (Lipinski definition) is 1. The number of nitrogens with zero attached hydrogens (tertiary/aromatic N) is 1. The molecule has 1 atom stereocenters. The SMILES string of the molecule is O=C(NCc1ccc(F)cc1)C1CCCN(S(=O)(=O)Cc2ccc(Cl)cc2)C1. The number of carbonyl (C=O) groups excluding carboxylic acids is 1. The molecule has 1 fully saturated rings. The molecule has 1 amide bonds. The summed E-state index contributed by atoms with van der Waals surface area (Å²) in [5.41, 5.74) is 1.45. The molecule has 0 aromatic heterocycles. The Labute approximate surface area is 169 Å². The van der Waals surface area contributed by atoms with Crippen molar-refractivity contribution in [1.82, 2.24) is 9.62 Å². The van der Waals surface area contributed by atoms with Crippen LogP contribution in [-0.2, 0) is 27.1 Å². The molecule has 0 spiro atoms. The third kappa shape index (κ3) is 5.53. The van der Waals surface area contributed by atoms with E-state index >= 15 is 0 Å². The monoisotopic (exact) mass is 424 g/mol. The van der Waals surface area contributed by atoms with Crippen LogP contribution in [-0.4, -0.2) is 31.7 Å². The van der Waals surface area contributed by atoms with Gasteiger partial charge in [-0.1, -0.05) is 35.9 Å². The normalized spacial score (nSPS) is 18.0. The molecule has 5 nitrogen and oxygen atoms in total. The number of rotatable bonds is 6. The lowest BCUT2D eigenvalue weighted by atomic mass is 9.99. The Balaban J connectivity index is 1.58. The third-order valence-corrected chi connectivity index (χ3v) is 6.86. The van der Waals surface area contributed by atoms with Gasteiger partial charge in [-0.25, -0.2) is 17.1 Å². The van der Waals surface area contributed by atoms with Crippen LogP contribution in [0.15, 0.2) is 48.5 Å². The Bertz CT molecular complexity index is 917. The van der Waals surface area contributed by atoms with Gasteiger partial charge >= 0.3 is 0 Å². The molecule has 1 unspecified atom stereocenters. The summed E-state index contributed by atoms with van der Waals surface area (Å²) in [5, 5.41) is 3.37. The fourth-order valence-corrected chi connectivity index (χ4v) is 4.96. The number of hydrogen-bond acceptors (Lipinski definition) is 3.